The summed E-state index contributed by atoms with van der Waals surface area (Å²) in [6, 6.07) is 0.363. The van der Waals surface area contributed by atoms with Gasteiger partial charge in [-0.1, -0.05) is 0 Å². The molecule has 0 saturated heterocycles. The largest absolute Gasteiger partial charge is 0.306 e. The molecule has 52 valence electrons. The molecule has 0 fully saturated rings. The maximum absolute atomic E-state index is 3.88. The third-order valence-corrected chi connectivity index (χ3v) is 0.713. The van der Waals surface area contributed by atoms with E-state index >= 15 is 0 Å². The van der Waals surface area contributed by atoms with Crippen molar-refractivity contribution in [3.05, 3.63) is 0 Å². The zero-order valence-electron chi connectivity index (χ0n) is 6.18. The molecule has 1 N–H and O–H groups in total. The number of hydrogen-bond acceptors (Lipinski definition) is 2. The first-order valence-corrected chi connectivity index (χ1v) is 2.93. The first kappa shape index (κ1) is 8.14. The zero-order chi connectivity index (χ0) is 7.28. The van der Waals surface area contributed by atoms with Gasteiger partial charge in [-0.05, 0) is 27.5 Å². The smallest absolute Gasteiger partial charge is 0.144 e. The number of aliphatic imine (C=N–C) groups is 1. The molecule has 3 heteroatoms. The van der Waals surface area contributed by atoms with Crippen LogP contribution in [0, 0.1) is 0 Å². The molecule has 0 aromatic heterocycles. The van der Waals surface area contributed by atoms with E-state index in [4.69, 9.17) is 0 Å². The lowest BCUT2D eigenvalue weighted by molar-refractivity contribution is 0.619. The predicted molar refractivity (Wildman–Crippen MR) is 40.9 cm³/mol. The highest BCUT2D eigenvalue weighted by molar-refractivity contribution is 5.83. The molecular weight excluding hydrogens is 114 g/mol. The minimum atomic E-state index is 0.363. The topological polar surface area (TPSA) is 36.8 Å². The van der Waals surface area contributed by atoms with E-state index < -0.39 is 0 Å². The molecule has 3 nitrogen and oxygen atoms in total. The van der Waals surface area contributed by atoms with E-state index in [2.05, 4.69) is 22.2 Å². The van der Waals surface area contributed by atoms with Crippen molar-refractivity contribution in [2.75, 3.05) is 0 Å². The number of nitrogens with one attached hydrogen (secondary N) is 1. The van der Waals surface area contributed by atoms with Gasteiger partial charge >= 0.3 is 0 Å². The Morgan fingerprint density at radius 2 is 2.11 bits per heavy atom. The summed E-state index contributed by atoms with van der Waals surface area (Å²) >= 11 is 0. The maximum atomic E-state index is 3.88. The van der Waals surface area contributed by atoms with Crippen LogP contribution < -0.4 is 5.43 Å². The highest BCUT2D eigenvalue weighted by Gasteiger charge is 1.85. The van der Waals surface area contributed by atoms with E-state index in [-0.39, 0.29) is 0 Å². The third-order valence-electron chi connectivity index (χ3n) is 0.713. The van der Waals surface area contributed by atoms with Crippen LogP contribution in [-0.2, 0) is 0 Å². The summed E-state index contributed by atoms with van der Waals surface area (Å²) in [4.78, 5) is 3.60. The lowest BCUT2D eigenvalue weighted by Gasteiger charge is -2.01. The molecule has 0 aliphatic heterocycles. The molecule has 0 heterocycles. The molecule has 0 atom stereocenters. The highest BCUT2D eigenvalue weighted by Crippen LogP contribution is 1.78. The van der Waals surface area contributed by atoms with Crippen molar-refractivity contribution in [3.63, 3.8) is 0 Å². The Morgan fingerprint density at radius 3 is 2.44 bits per heavy atom. The molecule has 0 radical (unpaired) electrons. The van der Waals surface area contributed by atoms with Crippen molar-refractivity contribution in [3.8, 4) is 0 Å². The Morgan fingerprint density at radius 1 is 1.56 bits per heavy atom. The summed E-state index contributed by atoms with van der Waals surface area (Å²) in [6.45, 7) is 9.14. The second-order valence-corrected chi connectivity index (χ2v) is 2.10. The molecule has 0 aromatic carbocycles. The van der Waals surface area contributed by atoms with Crippen molar-refractivity contribution in [1.29, 1.82) is 0 Å². The zero-order valence-corrected chi connectivity index (χ0v) is 6.18. The molecule has 0 rings (SSSR count). The Kier molecular flexibility index (Phi) is 3.67. The number of rotatable bonds is 2. The van der Waals surface area contributed by atoms with Gasteiger partial charge in [0, 0.05) is 6.04 Å². The average Bonchev–Trinajstić information content (AvgIpc) is 1.83. The fourth-order valence-corrected chi connectivity index (χ4v) is 0.258. The molecule has 0 amide bonds. The van der Waals surface area contributed by atoms with Crippen LogP contribution in [0.5, 0.6) is 0 Å². The second kappa shape index (κ2) is 4.06. The molecule has 0 saturated carbocycles. The van der Waals surface area contributed by atoms with Crippen LogP contribution in [0.15, 0.2) is 10.1 Å². The van der Waals surface area contributed by atoms with Crippen LogP contribution in [-0.4, -0.2) is 18.6 Å². The van der Waals surface area contributed by atoms with E-state index in [1.165, 1.54) is 0 Å². The van der Waals surface area contributed by atoms with Gasteiger partial charge in [0.2, 0.25) is 0 Å². The van der Waals surface area contributed by atoms with Crippen molar-refractivity contribution in [1.82, 2.24) is 5.43 Å². The Hall–Kier alpha value is -0.860. The molecule has 0 aromatic rings. The summed E-state index contributed by atoms with van der Waals surface area (Å²) in [5.41, 5.74) is 2.85. The first-order chi connectivity index (χ1) is 4.16. The van der Waals surface area contributed by atoms with Crippen molar-refractivity contribution in [2.24, 2.45) is 10.1 Å². The molecule has 0 unspecified atom stereocenters. The standard InChI is InChI=1S/C6H13N3/c1-5(2)8-9-6(3)7-4/h5,8H,4H2,1-3H3/b9-6+. The van der Waals surface area contributed by atoms with Gasteiger partial charge in [-0.2, -0.15) is 5.10 Å². The van der Waals surface area contributed by atoms with Crippen LogP contribution in [0.2, 0.25) is 0 Å². The van der Waals surface area contributed by atoms with Gasteiger partial charge in [0.15, 0.2) is 0 Å². The van der Waals surface area contributed by atoms with Gasteiger partial charge in [-0.25, -0.2) is 4.99 Å². The first-order valence-electron chi connectivity index (χ1n) is 2.93. The molecule has 0 aliphatic rings. The van der Waals surface area contributed by atoms with Crippen LogP contribution in [0.3, 0.4) is 0 Å². The monoisotopic (exact) mass is 127 g/mol. The van der Waals surface area contributed by atoms with E-state index in [1.54, 1.807) is 6.92 Å². The minimum absolute atomic E-state index is 0.363. The number of amidine groups is 1. The lowest BCUT2D eigenvalue weighted by Crippen LogP contribution is -2.17. The van der Waals surface area contributed by atoms with Crippen LogP contribution >= 0.6 is 0 Å². The number of hydrogen-bond donors (Lipinski definition) is 1. The second-order valence-electron chi connectivity index (χ2n) is 2.10. The van der Waals surface area contributed by atoms with E-state index in [1.807, 2.05) is 13.8 Å². The Balaban J connectivity index is 3.56. The van der Waals surface area contributed by atoms with Gasteiger partial charge in [-0.3, -0.25) is 0 Å². The molecule has 9 heavy (non-hydrogen) atoms. The molecule has 0 aliphatic carbocycles. The molecular formula is C6H13N3. The number of nitrogens with zero attached hydrogens (tertiary/aromatic N) is 2. The quantitative estimate of drug-likeness (QED) is 0.335. The normalized spacial score (nSPS) is 11.8. The van der Waals surface area contributed by atoms with Crippen molar-refractivity contribution in [2.45, 2.75) is 26.8 Å². The third kappa shape index (κ3) is 5.00. The van der Waals surface area contributed by atoms with E-state index in [0.717, 1.165) is 0 Å². The minimum Gasteiger partial charge on any atom is -0.306 e. The summed E-state index contributed by atoms with van der Waals surface area (Å²) in [5.74, 6) is 0.670. The van der Waals surface area contributed by atoms with Crippen LogP contribution in [0.1, 0.15) is 20.8 Å². The molecule has 0 spiro atoms. The fourth-order valence-electron chi connectivity index (χ4n) is 0.258. The van der Waals surface area contributed by atoms with Crippen molar-refractivity contribution >= 4 is 12.6 Å². The SMILES string of the molecule is C=N/C(C)=N/NC(C)C. The van der Waals surface area contributed by atoms with Crippen LogP contribution in [0.25, 0.3) is 0 Å². The Labute approximate surface area is 55.9 Å². The van der Waals surface area contributed by atoms with Crippen molar-refractivity contribution < 1.29 is 0 Å². The number of hydrazone groups is 1. The summed E-state index contributed by atoms with van der Waals surface area (Å²) < 4.78 is 0. The van der Waals surface area contributed by atoms with E-state index in [9.17, 15) is 0 Å². The van der Waals surface area contributed by atoms with Gasteiger partial charge in [0.1, 0.15) is 5.84 Å². The van der Waals surface area contributed by atoms with Gasteiger partial charge < -0.3 is 5.43 Å². The van der Waals surface area contributed by atoms with E-state index in [0.29, 0.717) is 11.9 Å². The average molecular weight is 127 g/mol. The Bertz CT molecular complexity index is 115. The summed E-state index contributed by atoms with van der Waals surface area (Å²) in [5, 5.41) is 3.88. The lowest BCUT2D eigenvalue weighted by atomic mass is 10.4. The van der Waals surface area contributed by atoms with Gasteiger partial charge in [0.25, 0.3) is 0 Å². The molecule has 0 bridgehead atoms. The highest BCUT2D eigenvalue weighted by atomic mass is 15.3. The predicted octanol–water partition coefficient (Wildman–Crippen LogP) is 1.02. The maximum Gasteiger partial charge on any atom is 0.144 e. The summed E-state index contributed by atoms with van der Waals surface area (Å²) in [7, 11) is 0. The van der Waals surface area contributed by atoms with Gasteiger partial charge in [-0.15, -0.1) is 0 Å². The summed E-state index contributed by atoms with van der Waals surface area (Å²) in [6.07, 6.45) is 0. The van der Waals surface area contributed by atoms with Crippen LogP contribution in [0.4, 0.5) is 0 Å². The van der Waals surface area contributed by atoms with Gasteiger partial charge in [0.05, 0.1) is 0 Å². The fraction of sp³-hybridized carbons (Fsp3) is 0.667.